The predicted molar refractivity (Wildman–Crippen MR) is 71.1 cm³/mol. The van der Waals surface area contributed by atoms with Crippen LogP contribution < -0.4 is 5.32 Å². The molecule has 1 aliphatic carbocycles. The number of methoxy groups -OCH3 is 1. The fraction of sp³-hybridized carbons (Fsp3) is 0.857. The number of ether oxygens (including phenoxy) is 1. The van der Waals surface area contributed by atoms with Crippen molar-refractivity contribution in [2.75, 3.05) is 20.3 Å². The molecule has 0 spiro atoms. The molecule has 3 heteroatoms. The van der Waals surface area contributed by atoms with E-state index in [1.165, 1.54) is 30.4 Å². The minimum absolute atomic E-state index is 0.402. The summed E-state index contributed by atoms with van der Waals surface area (Å²) in [4.78, 5) is 0. The number of rotatable bonds is 5. The van der Waals surface area contributed by atoms with Gasteiger partial charge in [-0.2, -0.15) is 0 Å². The molecule has 0 aromatic rings. The minimum Gasteiger partial charge on any atom is -0.389 e. The molecular formula is C14H27NO2. The van der Waals surface area contributed by atoms with Gasteiger partial charge in [-0.25, -0.2) is 0 Å². The van der Waals surface area contributed by atoms with Gasteiger partial charge in [0.2, 0.25) is 0 Å². The van der Waals surface area contributed by atoms with Gasteiger partial charge in [-0.1, -0.05) is 18.1 Å². The maximum Gasteiger partial charge on any atom is 0.0897 e. The average molecular weight is 241 g/mol. The quantitative estimate of drug-likeness (QED) is 0.724. The second-order valence-electron chi connectivity index (χ2n) is 5.47. The maximum absolute atomic E-state index is 9.67. The highest BCUT2D eigenvalue weighted by atomic mass is 16.5. The van der Waals surface area contributed by atoms with E-state index >= 15 is 0 Å². The third-order valence-corrected chi connectivity index (χ3v) is 3.57. The van der Waals surface area contributed by atoms with Gasteiger partial charge in [0.15, 0.2) is 0 Å². The van der Waals surface area contributed by atoms with Crippen molar-refractivity contribution in [2.45, 2.75) is 52.2 Å². The number of hydrogen-bond acceptors (Lipinski definition) is 3. The van der Waals surface area contributed by atoms with Gasteiger partial charge >= 0.3 is 0 Å². The molecule has 0 saturated heterocycles. The van der Waals surface area contributed by atoms with E-state index in [0.29, 0.717) is 19.2 Å². The van der Waals surface area contributed by atoms with Crippen molar-refractivity contribution in [3.8, 4) is 0 Å². The Morgan fingerprint density at radius 2 is 2.24 bits per heavy atom. The van der Waals surface area contributed by atoms with Gasteiger partial charge in [0, 0.05) is 19.7 Å². The Morgan fingerprint density at radius 3 is 2.82 bits per heavy atom. The Hall–Kier alpha value is -0.380. The molecule has 2 N–H and O–H groups in total. The van der Waals surface area contributed by atoms with Crippen molar-refractivity contribution in [1.29, 1.82) is 0 Å². The lowest BCUT2D eigenvalue weighted by atomic mass is 9.81. The van der Waals surface area contributed by atoms with Gasteiger partial charge in [0.05, 0.1) is 12.7 Å². The van der Waals surface area contributed by atoms with Crippen LogP contribution in [0.4, 0.5) is 0 Å². The minimum atomic E-state index is -0.407. The summed E-state index contributed by atoms with van der Waals surface area (Å²) in [5.74, 6) is 0.773. The number of aliphatic hydroxyl groups is 1. The molecule has 100 valence electrons. The second-order valence-corrected chi connectivity index (χ2v) is 5.47. The normalized spacial score (nSPS) is 27.0. The first-order valence-corrected chi connectivity index (χ1v) is 6.61. The third kappa shape index (κ3) is 4.78. The van der Waals surface area contributed by atoms with Crippen molar-refractivity contribution in [3.63, 3.8) is 0 Å². The van der Waals surface area contributed by atoms with Crippen molar-refractivity contribution < 1.29 is 9.84 Å². The van der Waals surface area contributed by atoms with Crippen molar-refractivity contribution in [1.82, 2.24) is 5.32 Å². The molecule has 3 nitrogen and oxygen atoms in total. The Morgan fingerprint density at radius 1 is 1.53 bits per heavy atom. The lowest BCUT2D eigenvalue weighted by Gasteiger charge is -2.32. The summed E-state index contributed by atoms with van der Waals surface area (Å²) in [6.45, 7) is 7.70. The van der Waals surface area contributed by atoms with Crippen LogP contribution in [0.2, 0.25) is 0 Å². The van der Waals surface area contributed by atoms with E-state index in [1.54, 1.807) is 7.11 Å². The van der Waals surface area contributed by atoms with Crippen molar-refractivity contribution >= 4 is 0 Å². The zero-order valence-corrected chi connectivity index (χ0v) is 11.6. The summed E-state index contributed by atoms with van der Waals surface area (Å²) in [6.07, 6.45) is 3.26. The largest absolute Gasteiger partial charge is 0.389 e. The Labute approximate surface area is 105 Å². The Kier molecular flexibility index (Phi) is 6.17. The van der Waals surface area contributed by atoms with E-state index in [0.717, 1.165) is 5.92 Å². The average Bonchev–Trinajstić information content (AvgIpc) is 2.26. The van der Waals surface area contributed by atoms with Crippen LogP contribution in [0, 0.1) is 5.92 Å². The fourth-order valence-corrected chi connectivity index (χ4v) is 2.57. The van der Waals surface area contributed by atoms with Crippen LogP contribution in [0.15, 0.2) is 11.1 Å². The summed E-state index contributed by atoms with van der Waals surface area (Å²) in [5, 5.41) is 13.1. The number of hydrogen-bond donors (Lipinski definition) is 2. The molecular weight excluding hydrogens is 214 g/mol. The summed E-state index contributed by atoms with van der Waals surface area (Å²) < 4.78 is 4.94. The number of allylic oxidation sites excluding steroid dienone is 1. The highest BCUT2D eigenvalue weighted by Gasteiger charge is 2.24. The van der Waals surface area contributed by atoms with E-state index < -0.39 is 6.10 Å². The Bertz CT molecular complexity index is 259. The third-order valence-electron chi connectivity index (χ3n) is 3.57. The first-order valence-electron chi connectivity index (χ1n) is 6.61. The van der Waals surface area contributed by atoms with Crippen molar-refractivity contribution in [3.05, 3.63) is 11.1 Å². The maximum atomic E-state index is 9.67. The van der Waals surface area contributed by atoms with Gasteiger partial charge in [-0.05, 0) is 39.0 Å². The molecule has 0 radical (unpaired) electrons. The SMILES string of the molecule is COC[C@@H](O)CN[C@H]1C[C@H](C)CCC1=C(C)C. The summed E-state index contributed by atoms with van der Waals surface area (Å²) in [5.41, 5.74) is 2.96. The molecule has 0 bridgehead atoms. The molecule has 0 heterocycles. The molecule has 0 amide bonds. The van der Waals surface area contributed by atoms with Crippen LogP contribution in [-0.4, -0.2) is 37.5 Å². The highest BCUT2D eigenvalue weighted by Crippen LogP contribution is 2.30. The van der Waals surface area contributed by atoms with Crippen LogP contribution >= 0.6 is 0 Å². The van der Waals surface area contributed by atoms with Gasteiger partial charge in [-0.3, -0.25) is 0 Å². The van der Waals surface area contributed by atoms with Crippen LogP contribution in [0.1, 0.15) is 40.0 Å². The predicted octanol–water partition coefficient (Wildman–Crippen LogP) is 2.11. The van der Waals surface area contributed by atoms with Gasteiger partial charge < -0.3 is 15.2 Å². The molecule has 3 atom stereocenters. The summed E-state index contributed by atoms with van der Waals surface area (Å²) in [7, 11) is 1.62. The smallest absolute Gasteiger partial charge is 0.0897 e. The molecule has 1 aliphatic rings. The van der Waals surface area contributed by atoms with Crippen molar-refractivity contribution in [2.24, 2.45) is 5.92 Å². The van der Waals surface area contributed by atoms with E-state index in [1.807, 2.05) is 0 Å². The number of aliphatic hydroxyl groups excluding tert-OH is 1. The molecule has 17 heavy (non-hydrogen) atoms. The highest BCUT2D eigenvalue weighted by molar-refractivity contribution is 5.19. The first-order chi connectivity index (χ1) is 8.04. The van der Waals surface area contributed by atoms with Gasteiger partial charge in [-0.15, -0.1) is 0 Å². The fourth-order valence-electron chi connectivity index (χ4n) is 2.57. The van der Waals surface area contributed by atoms with E-state index in [-0.39, 0.29) is 0 Å². The molecule has 0 aromatic carbocycles. The lowest BCUT2D eigenvalue weighted by Crippen LogP contribution is -2.41. The van der Waals surface area contributed by atoms with Gasteiger partial charge in [0.1, 0.15) is 0 Å². The zero-order chi connectivity index (χ0) is 12.8. The van der Waals surface area contributed by atoms with Crippen LogP contribution in [0.3, 0.4) is 0 Å². The Balaban J connectivity index is 2.50. The van der Waals surface area contributed by atoms with E-state index in [4.69, 9.17) is 4.74 Å². The zero-order valence-electron chi connectivity index (χ0n) is 11.6. The van der Waals surface area contributed by atoms with Crippen LogP contribution in [0.25, 0.3) is 0 Å². The molecule has 1 saturated carbocycles. The summed E-state index contributed by atoms with van der Waals surface area (Å²) >= 11 is 0. The van der Waals surface area contributed by atoms with Crippen LogP contribution in [0.5, 0.6) is 0 Å². The second kappa shape index (κ2) is 7.14. The number of nitrogens with one attached hydrogen (secondary N) is 1. The standard InChI is InChI=1S/C14H27NO2/c1-10(2)13-6-5-11(3)7-14(13)15-8-12(16)9-17-4/h11-12,14-16H,5-9H2,1-4H3/t11-,12+,14+/m1/s1. The summed E-state index contributed by atoms with van der Waals surface area (Å²) in [6, 6.07) is 0.440. The molecule has 0 aromatic heterocycles. The van der Waals surface area contributed by atoms with E-state index in [2.05, 4.69) is 26.1 Å². The topological polar surface area (TPSA) is 41.5 Å². The monoisotopic (exact) mass is 241 g/mol. The lowest BCUT2D eigenvalue weighted by molar-refractivity contribution is 0.0624. The molecule has 0 aliphatic heterocycles. The molecule has 1 rings (SSSR count). The van der Waals surface area contributed by atoms with E-state index in [9.17, 15) is 5.11 Å². The first kappa shape index (κ1) is 14.7. The van der Waals surface area contributed by atoms with Gasteiger partial charge in [0.25, 0.3) is 0 Å². The molecule has 1 fully saturated rings. The molecule has 0 unspecified atom stereocenters. The van der Waals surface area contributed by atoms with Crippen LogP contribution in [-0.2, 0) is 4.74 Å².